The molecule has 0 saturated carbocycles. The van der Waals surface area contributed by atoms with Crippen LogP contribution in [-0.4, -0.2) is 42.0 Å². The van der Waals surface area contributed by atoms with Gasteiger partial charge in [0.15, 0.2) is 0 Å². The number of nitrogens with zero attached hydrogens (tertiary/aromatic N) is 1. The highest BCUT2D eigenvalue weighted by Crippen LogP contribution is 2.14. The van der Waals surface area contributed by atoms with E-state index in [1.165, 1.54) is 12.1 Å². The number of amides is 2. The molecule has 0 radical (unpaired) electrons. The van der Waals surface area contributed by atoms with Crippen LogP contribution in [0, 0.1) is 0 Å². The number of carbonyl (C=O) groups excluding carboxylic acids is 4. The van der Waals surface area contributed by atoms with Crippen LogP contribution in [0.1, 0.15) is 68.4 Å². The van der Waals surface area contributed by atoms with Gasteiger partial charge in [-0.2, -0.15) is 0 Å². The zero-order valence-electron chi connectivity index (χ0n) is 20.1. The number of carbonyl (C=O) groups is 4. The van der Waals surface area contributed by atoms with Gasteiger partial charge in [0.25, 0.3) is 11.8 Å². The van der Waals surface area contributed by atoms with Crippen LogP contribution in [0.25, 0.3) is 0 Å². The smallest absolute Gasteiger partial charge is 0.338 e. The van der Waals surface area contributed by atoms with Crippen molar-refractivity contribution in [3.05, 3.63) is 89.2 Å². The summed E-state index contributed by atoms with van der Waals surface area (Å²) in [5.41, 5.74) is 1.77. The van der Waals surface area contributed by atoms with E-state index in [0.717, 1.165) is 12.8 Å². The summed E-state index contributed by atoms with van der Waals surface area (Å²) in [7, 11) is 0. The molecule has 0 aliphatic carbocycles. The Hall–Kier alpha value is -4.53. The van der Waals surface area contributed by atoms with E-state index in [1.807, 2.05) is 13.8 Å². The highest BCUT2D eigenvalue weighted by molar-refractivity contribution is 6.06. The Kier molecular flexibility index (Phi) is 9.27. The van der Waals surface area contributed by atoms with Crippen molar-refractivity contribution in [2.45, 2.75) is 26.7 Å². The zero-order valence-corrected chi connectivity index (χ0v) is 20.1. The Morgan fingerprint density at radius 3 is 1.39 bits per heavy atom. The fourth-order valence-corrected chi connectivity index (χ4v) is 3.01. The first-order valence-electron chi connectivity index (χ1n) is 11.6. The Bertz CT molecular complexity index is 1130. The molecular formula is C27H27N3O6. The van der Waals surface area contributed by atoms with Gasteiger partial charge in [-0.25, -0.2) is 14.6 Å². The maximum Gasteiger partial charge on any atom is 0.338 e. The highest BCUT2D eigenvalue weighted by Gasteiger charge is 2.14. The van der Waals surface area contributed by atoms with E-state index in [1.54, 1.807) is 54.6 Å². The molecule has 3 rings (SSSR count). The molecule has 186 valence electrons. The maximum absolute atomic E-state index is 12.6. The van der Waals surface area contributed by atoms with Crippen LogP contribution in [0.3, 0.4) is 0 Å². The molecule has 2 aromatic carbocycles. The van der Waals surface area contributed by atoms with Gasteiger partial charge >= 0.3 is 11.9 Å². The van der Waals surface area contributed by atoms with E-state index in [4.69, 9.17) is 9.47 Å². The second-order valence-electron chi connectivity index (χ2n) is 7.74. The second kappa shape index (κ2) is 12.8. The van der Waals surface area contributed by atoms with E-state index in [0.29, 0.717) is 35.7 Å². The highest BCUT2D eigenvalue weighted by atomic mass is 16.5. The van der Waals surface area contributed by atoms with E-state index >= 15 is 0 Å². The molecule has 0 spiro atoms. The predicted octanol–water partition coefficient (Wildman–Crippen LogP) is 4.72. The summed E-state index contributed by atoms with van der Waals surface area (Å²) in [5, 5.41) is 5.37. The lowest BCUT2D eigenvalue weighted by Crippen LogP contribution is -2.18. The second-order valence-corrected chi connectivity index (χ2v) is 7.74. The molecule has 0 aliphatic heterocycles. The number of benzene rings is 2. The number of aromatic nitrogens is 1. The lowest BCUT2D eigenvalue weighted by Gasteiger charge is -2.09. The normalized spacial score (nSPS) is 10.3. The summed E-state index contributed by atoms with van der Waals surface area (Å²) in [6.45, 7) is 4.49. The van der Waals surface area contributed by atoms with E-state index in [-0.39, 0.29) is 11.4 Å². The third-order valence-corrected chi connectivity index (χ3v) is 4.85. The summed E-state index contributed by atoms with van der Waals surface area (Å²) >= 11 is 0. The molecule has 0 fully saturated rings. The number of nitrogens with one attached hydrogen (secondary N) is 2. The van der Waals surface area contributed by atoms with Gasteiger partial charge in [-0.1, -0.05) is 19.9 Å². The molecule has 9 heteroatoms. The van der Waals surface area contributed by atoms with Gasteiger partial charge in [-0.15, -0.1) is 0 Å². The minimum atomic E-state index is -0.513. The first-order chi connectivity index (χ1) is 17.4. The summed E-state index contributed by atoms with van der Waals surface area (Å²) in [6.07, 6.45) is 1.46. The molecule has 0 aliphatic rings. The molecule has 2 N–H and O–H groups in total. The molecule has 0 unspecified atom stereocenters. The number of hydrogen-bond donors (Lipinski definition) is 2. The number of ether oxygens (including phenoxy) is 2. The molecule has 1 aromatic heterocycles. The van der Waals surface area contributed by atoms with Crippen molar-refractivity contribution in [2.75, 3.05) is 23.8 Å². The van der Waals surface area contributed by atoms with Gasteiger partial charge in [-0.3, -0.25) is 9.59 Å². The van der Waals surface area contributed by atoms with E-state index in [2.05, 4.69) is 15.6 Å². The van der Waals surface area contributed by atoms with Gasteiger partial charge in [0.05, 0.1) is 24.3 Å². The van der Waals surface area contributed by atoms with Crippen LogP contribution in [0.2, 0.25) is 0 Å². The average Bonchev–Trinajstić information content (AvgIpc) is 2.91. The number of hydrogen-bond acceptors (Lipinski definition) is 7. The largest absolute Gasteiger partial charge is 0.462 e. The fourth-order valence-electron chi connectivity index (χ4n) is 3.01. The molecule has 36 heavy (non-hydrogen) atoms. The van der Waals surface area contributed by atoms with Crippen molar-refractivity contribution in [1.29, 1.82) is 0 Å². The van der Waals surface area contributed by atoms with Crippen molar-refractivity contribution < 1.29 is 28.7 Å². The average molecular weight is 490 g/mol. The van der Waals surface area contributed by atoms with Crippen molar-refractivity contribution in [3.63, 3.8) is 0 Å². The number of anilines is 2. The summed E-state index contributed by atoms with van der Waals surface area (Å²) in [6, 6.07) is 17.1. The predicted molar refractivity (Wildman–Crippen MR) is 134 cm³/mol. The minimum Gasteiger partial charge on any atom is -0.462 e. The summed E-state index contributed by atoms with van der Waals surface area (Å²) < 4.78 is 10.2. The third-order valence-electron chi connectivity index (χ3n) is 4.85. The van der Waals surface area contributed by atoms with Gasteiger partial charge in [-0.05, 0) is 73.5 Å². The van der Waals surface area contributed by atoms with Crippen molar-refractivity contribution in [2.24, 2.45) is 0 Å². The first-order valence-corrected chi connectivity index (χ1v) is 11.6. The van der Waals surface area contributed by atoms with Crippen LogP contribution in [0.15, 0.2) is 66.7 Å². The molecule has 3 aromatic rings. The SMILES string of the molecule is CCCOC(=O)c1ccc(NC(=O)c2cccc(C(=O)Nc3ccc(C(=O)OCCC)cc3)n2)cc1. The van der Waals surface area contributed by atoms with Crippen LogP contribution in [0.4, 0.5) is 11.4 Å². The third kappa shape index (κ3) is 7.23. The molecule has 0 bridgehead atoms. The van der Waals surface area contributed by atoms with E-state index in [9.17, 15) is 19.2 Å². The molecule has 2 amide bonds. The van der Waals surface area contributed by atoms with Gasteiger partial charge < -0.3 is 20.1 Å². The Morgan fingerprint density at radius 1 is 0.639 bits per heavy atom. The van der Waals surface area contributed by atoms with Crippen LogP contribution < -0.4 is 10.6 Å². The van der Waals surface area contributed by atoms with Gasteiger partial charge in [0.2, 0.25) is 0 Å². The van der Waals surface area contributed by atoms with Crippen molar-refractivity contribution >= 4 is 35.1 Å². The van der Waals surface area contributed by atoms with Crippen LogP contribution >= 0.6 is 0 Å². The standard InChI is InChI=1S/C27H27N3O6/c1-3-16-35-26(33)18-8-12-20(13-9-18)28-24(31)22-6-5-7-23(30-22)25(32)29-21-14-10-19(11-15-21)27(34)36-17-4-2/h5-15H,3-4,16-17H2,1-2H3,(H,28,31)(H,29,32). The topological polar surface area (TPSA) is 124 Å². The van der Waals surface area contributed by atoms with Crippen molar-refractivity contribution in [1.82, 2.24) is 4.98 Å². The van der Waals surface area contributed by atoms with Gasteiger partial charge in [0, 0.05) is 11.4 Å². The van der Waals surface area contributed by atoms with Crippen LogP contribution in [0.5, 0.6) is 0 Å². The molecular weight excluding hydrogens is 462 g/mol. The number of pyridine rings is 1. The number of esters is 2. The fraction of sp³-hybridized carbons (Fsp3) is 0.222. The monoisotopic (exact) mass is 489 g/mol. The van der Waals surface area contributed by atoms with Crippen LogP contribution in [-0.2, 0) is 9.47 Å². The van der Waals surface area contributed by atoms with Gasteiger partial charge in [0.1, 0.15) is 11.4 Å². The molecule has 0 atom stereocenters. The number of rotatable bonds is 10. The molecule has 0 saturated heterocycles. The lowest BCUT2D eigenvalue weighted by molar-refractivity contribution is 0.0496. The Balaban J connectivity index is 1.61. The Labute approximate surface area is 208 Å². The summed E-state index contributed by atoms with van der Waals surface area (Å²) in [5.74, 6) is -1.89. The maximum atomic E-state index is 12.6. The molecule has 9 nitrogen and oxygen atoms in total. The quantitative estimate of drug-likeness (QED) is 0.395. The first kappa shape index (κ1) is 26.1. The zero-order chi connectivity index (χ0) is 25.9. The summed E-state index contributed by atoms with van der Waals surface area (Å²) in [4.78, 5) is 53.2. The lowest BCUT2D eigenvalue weighted by atomic mass is 10.2. The molecule has 1 heterocycles. The Morgan fingerprint density at radius 2 is 1.03 bits per heavy atom. The van der Waals surface area contributed by atoms with Crippen molar-refractivity contribution in [3.8, 4) is 0 Å². The van der Waals surface area contributed by atoms with E-state index < -0.39 is 23.8 Å². The minimum absolute atomic E-state index is 0.0445.